The molecule has 7 rings (SSSR count). The summed E-state index contributed by atoms with van der Waals surface area (Å²) >= 11 is 0. The smallest absolute Gasteiger partial charge is 0.267 e. The molecule has 0 radical (unpaired) electrons. The fraction of sp³-hybridized carbons (Fsp3) is 0.167. The van der Waals surface area contributed by atoms with Crippen LogP contribution in [0.4, 0.5) is 5.69 Å². The molecule has 1 amide bonds. The number of fused-ring (bicyclic) bond motifs is 6. The maximum absolute atomic E-state index is 13.9. The molecule has 3 aromatic carbocycles. The van der Waals surface area contributed by atoms with Gasteiger partial charge in [0.05, 0.1) is 36.2 Å². The van der Waals surface area contributed by atoms with E-state index in [1.54, 1.807) is 47.9 Å². The largest absolute Gasteiger partial charge is 0.493 e. The SMILES string of the molecule is COc1ccc2c(c1OC)c(=O)n1c3ccc(O[C@@H](C)C(=O)Nc4ccc5c(c4)OCO5)cc3c3ccnc2c31. The molecule has 0 fully saturated rings. The van der Waals surface area contributed by atoms with Crippen LogP contribution in [0.1, 0.15) is 6.92 Å². The number of carbonyl (C=O) groups is 1. The molecule has 3 aromatic heterocycles. The Bertz CT molecular complexity index is 2030. The van der Waals surface area contributed by atoms with Crippen molar-refractivity contribution in [1.29, 1.82) is 0 Å². The molecule has 200 valence electrons. The summed E-state index contributed by atoms with van der Waals surface area (Å²) in [5, 5.41) is 5.55. The lowest BCUT2D eigenvalue weighted by Gasteiger charge is -2.15. The molecular weight excluding hydrogens is 514 g/mol. The van der Waals surface area contributed by atoms with E-state index in [0.29, 0.717) is 61.8 Å². The number of anilines is 1. The van der Waals surface area contributed by atoms with Gasteiger partial charge >= 0.3 is 0 Å². The number of amides is 1. The van der Waals surface area contributed by atoms with E-state index in [0.717, 1.165) is 10.8 Å². The van der Waals surface area contributed by atoms with Crippen molar-refractivity contribution < 1.29 is 28.5 Å². The number of hydrogen-bond donors (Lipinski definition) is 1. The second kappa shape index (κ2) is 8.91. The molecule has 40 heavy (non-hydrogen) atoms. The number of methoxy groups -OCH3 is 2. The summed E-state index contributed by atoms with van der Waals surface area (Å²) < 4.78 is 29.4. The number of aromatic nitrogens is 2. The number of nitrogens with one attached hydrogen (secondary N) is 1. The maximum Gasteiger partial charge on any atom is 0.267 e. The normalized spacial score (nSPS) is 13.3. The Labute approximate surface area is 226 Å². The third-order valence-corrected chi connectivity index (χ3v) is 7.19. The minimum atomic E-state index is -0.799. The standard InChI is InChI=1S/C30H23N3O7/c1-15(29(34)32-16-4-8-22-24(12-16)39-14-38-22)40-17-5-7-21-20(13-17)18-10-11-31-26-19-6-9-23(36-2)28(37-3)25(19)30(35)33(21)27(18)26/h4-13,15H,14H2,1-3H3,(H,32,34)/t15-/m0/s1. The number of carbonyl (C=O) groups excluding carboxylic acids is 1. The average molecular weight is 538 g/mol. The molecule has 1 N–H and O–H groups in total. The van der Waals surface area contributed by atoms with Crippen molar-refractivity contribution in [3.8, 4) is 28.7 Å². The van der Waals surface area contributed by atoms with Gasteiger partial charge in [-0.3, -0.25) is 19.0 Å². The van der Waals surface area contributed by atoms with Gasteiger partial charge in [-0.2, -0.15) is 0 Å². The van der Waals surface area contributed by atoms with Gasteiger partial charge in [0.2, 0.25) is 6.79 Å². The van der Waals surface area contributed by atoms with Crippen molar-refractivity contribution in [2.24, 2.45) is 0 Å². The van der Waals surface area contributed by atoms with E-state index in [1.165, 1.54) is 14.2 Å². The summed E-state index contributed by atoms with van der Waals surface area (Å²) in [5.41, 5.74) is 2.40. The summed E-state index contributed by atoms with van der Waals surface area (Å²) in [6.45, 7) is 1.83. The van der Waals surface area contributed by atoms with Crippen LogP contribution in [0.2, 0.25) is 0 Å². The van der Waals surface area contributed by atoms with Crippen LogP contribution in [0.3, 0.4) is 0 Å². The monoisotopic (exact) mass is 537 g/mol. The van der Waals surface area contributed by atoms with E-state index in [9.17, 15) is 9.59 Å². The Kier molecular flexibility index (Phi) is 5.31. The second-order valence-corrected chi connectivity index (χ2v) is 9.42. The van der Waals surface area contributed by atoms with E-state index in [-0.39, 0.29) is 18.3 Å². The van der Waals surface area contributed by atoms with Crippen molar-refractivity contribution in [2.45, 2.75) is 13.0 Å². The Hall–Kier alpha value is -5.25. The molecule has 1 aliphatic heterocycles. The van der Waals surface area contributed by atoms with Gasteiger partial charge in [0.25, 0.3) is 11.5 Å². The first kappa shape index (κ1) is 23.8. The third-order valence-electron chi connectivity index (χ3n) is 7.19. The lowest BCUT2D eigenvalue weighted by molar-refractivity contribution is -0.122. The molecule has 4 heterocycles. The first-order chi connectivity index (χ1) is 19.5. The maximum atomic E-state index is 13.9. The van der Waals surface area contributed by atoms with Crippen LogP contribution < -0.4 is 34.6 Å². The van der Waals surface area contributed by atoms with Crippen LogP contribution in [0.5, 0.6) is 28.7 Å². The minimum absolute atomic E-state index is 0.155. The van der Waals surface area contributed by atoms with Gasteiger partial charge in [-0.1, -0.05) is 0 Å². The summed E-state index contributed by atoms with van der Waals surface area (Å²) in [5.74, 6) is 2.20. The first-order valence-corrected chi connectivity index (χ1v) is 12.6. The van der Waals surface area contributed by atoms with Gasteiger partial charge in [-0.25, -0.2) is 0 Å². The van der Waals surface area contributed by atoms with E-state index in [1.807, 2.05) is 24.3 Å². The zero-order valence-electron chi connectivity index (χ0n) is 21.8. The highest BCUT2D eigenvalue weighted by atomic mass is 16.7. The van der Waals surface area contributed by atoms with E-state index in [4.69, 9.17) is 23.7 Å². The van der Waals surface area contributed by atoms with Crippen LogP contribution in [0.15, 0.2) is 65.6 Å². The third kappa shape index (κ3) is 3.46. The topological polar surface area (TPSA) is 110 Å². The second-order valence-electron chi connectivity index (χ2n) is 9.42. The predicted molar refractivity (Wildman–Crippen MR) is 150 cm³/mol. The number of ether oxygens (including phenoxy) is 5. The molecule has 10 heteroatoms. The quantitative estimate of drug-likeness (QED) is 0.304. The first-order valence-electron chi connectivity index (χ1n) is 12.6. The predicted octanol–water partition coefficient (Wildman–Crippen LogP) is 4.74. The summed E-state index contributed by atoms with van der Waals surface area (Å²) in [4.78, 5) is 31.4. The Morgan fingerprint density at radius 2 is 1.82 bits per heavy atom. The van der Waals surface area contributed by atoms with Crippen molar-refractivity contribution in [1.82, 2.24) is 9.38 Å². The number of nitrogens with zero attached hydrogens (tertiary/aromatic N) is 2. The molecule has 10 nitrogen and oxygen atoms in total. The summed E-state index contributed by atoms with van der Waals surface area (Å²) in [7, 11) is 3.04. The van der Waals surface area contributed by atoms with Gasteiger partial charge < -0.3 is 29.0 Å². The molecular formula is C30H23N3O7. The Morgan fingerprint density at radius 1 is 0.975 bits per heavy atom. The van der Waals surface area contributed by atoms with Gasteiger partial charge in [-0.15, -0.1) is 0 Å². The van der Waals surface area contributed by atoms with Crippen molar-refractivity contribution in [2.75, 3.05) is 26.3 Å². The molecule has 0 bridgehead atoms. The zero-order chi connectivity index (χ0) is 27.5. The lowest BCUT2D eigenvalue weighted by atomic mass is 10.1. The Balaban J connectivity index is 1.29. The number of benzene rings is 3. The highest BCUT2D eigenvalue weighted by Gasteiger charge is 2.23. The van der Waals surface area contributed by atoms with Gasteiger partial charge in [0, 0.05) is 34.1 Å². The fourth-order valence-electron chi connectivity index (χ4n) is 5.35. The molecule has 0 saturated heterocycles. The average Bonchev–Trinajstić information content (AvgIpc) is 3.57. The number of rotatable bonds is 6. The van der Waals surface area contributed by atoms with Crippen molar-refractivity contribution >= 4 is 49.7 Å². The molecule has 1 aliphatic rings. The number of pyridine rings is 2. The highest BCUT2D eigenvalue weighted by Crippen LogP contribution is 2.40. The van der Waals surface area contributed by atoms with Crippen LogP contribution in [0.25, 0.3) is 38.1 Å². The van der Waals surface area contributed by atoms with Crippen LogP contribution >= 0.6 is 0 Å². The fourth-order valence-corrected chi connectivity index (χ4v) is 5.35. The van der Waals surface area contributed by atoms with Crippen LogP contribution in [-0.4, -0.2) is 42.4 Å². The molecule has 0 unspecified atom stereocenters. The lowest BCUT2D eigenvalue weighted by Crippen LogP contribution is -2.30. The van der Waals surface area contributed by atoms with E-state index in [2.05, 4.69) is 10.3 Å². The Morgan fingerprint density at radius 3 is 2.65 bits per heavy atom. The zero-order valence-corrected chi connectivity index (χ0v) is 21.8. The highest BCUT2D eigenvalue weighted by molar-refractivity contribution is 6.19. The van der Waals surface area contributed by atoms with Gasteiger partial charge in [0.15, 0.2) is 29.1 Å². The summed E-state index contributed by atoms with van der Waals surface area (Å²) in [6.07, 6.45) is 0.916. The van der Waals surface area contributed by atoms with E-state index >= 15 is 0 Å². The minimum Gasteiger partial charge on any atom is -0.493 e. The van der Waals surface area contributed by atoms with Crippen molar-refractivity contribution in [3.63, 3.8) is 0 Å². The van der Waals surface area contributed by atoms with Gasteiger partial charge in [0.1, 0.15) is 5.75 Å². The van der Waals surface area contributed by atoms with Gasteiger partial charge in [-0.05, 0) is 55.5 Å². The molecule has 0 aliphatic carbocycles. The van der Waals surface area contributed by atoms with Crippen LogP contribution in [0, 0.1) is 0 Å². The van der Waals surface area contributed by atoms with Crippen molar-refractivity contribution in [3.05, 3.63) is 71.1 Å². The molecule has 0 spiro atoms. The molecule has 0 saturated carbocycles. The van der Waals surface area contributed by atoms with Crippen LogP contribution in [-0.2, 0) is 4.79 Å². The number of hydrogen-bond acceptors (Lipinski definition) is 8. The molecule has 1 atom stereocenters. The molecule has 6 aromatic rings. The summed E-state index contributed by atoms with van der Waals surface area (Å²) in [6, 6.07) is 16.1. The van der Waals surface area contributed by atoms with E-state index < -0.39 is 6.10 Å².